The fourth-order valence-corrected chi connectivity index (χ4v) is 4.62. The van der Waals surface area contributed by atoms with Gasteiger partial charge in [-0.15, -0.1) is 0 Å². The molecule has 2 aromatic heterocycles. The Labute approximate surface area is 157 Å². The maximum absolute atomic E-state index is 12.8. The maximum atomic E-state index is 12.8. The van der Waals surface area contributed by atoms with Crippen molar-refractivity contribution >= 4 is 10.0 Å². The Kier molecular flexibility index (Phi) is 4.56. The molecule has 0 radical (unpaired) electrons. The van der Waals surface area contributed by atoms with Crippen molar-refractivity contribution in [1.82, 2.24) is 24.2 Å². The first-order valence-electron chi connectivity index (χ1n) is 8.90. The number of aryl methyl sites for hydroxylation is 2. The summed E-state index contributed by atoms with van der Waals surface area (Å²) in [6.45, 7) is 5.31. The highest BCUT2D eigenvalue weighted by molar-refractivity contribution is 7.89. The third-order valence-corrected chi connectivity index (χ3v) is 6.64. The van der Waals surface area contributed by atoms with Crippen LogP contribution in [0.15, 0.2) is 46.1 Å². The van der Waals surface area contributed by atoms with E-state index < -0.39 is 10.0 Å². The van der Waals surface area contributed by atoms with E-state index in [1.54, 1.807) is 10.9 Å². The van der Waals surface area contributed by atoms with Gasteiger partial charge in [-0.25, -0.2) is 8.42 Å². The number of rotatable bonds is 5. The molecule has 0 saturated carbocycles. The van der Waals surface area contributed by atoms with Crippen molar-refractivity contribution in [3.05, 3.63) is 48.1 Å². The van der Waals surface area contributed by atoms with E-state index in [0.29, 0.717) is 37.8 Å². The van der Waals surface area contributed by atoms with Gasteiger partial charge in [0.05, 0.1) is 12.1 Å². The number of hydrogen-bond acceptors (Lipinski definition) is 6. The van der Waals surface area contributed by atoms with Crippen molar-refractivity contribution in [3.63, 3.8) is 0 Å². The second kappa shape index (κ2) is 6.90. The SMILES string of the molecule is CCn1cc(S(=O)(=O)N2CC[C@@H](c3nc(-c4ccc(C)cc4)no3)C2)cn1. The molecule has 0 bridgehead atoms. The Morgan fingerprint density at radius 2 is 2.04 bits per heavy atom. The van der Waals surface area contributed by atoms with E-state index in [1.807, 2.05) is 38.1 Å². The highest BCUT2D eigenvalue weighted by Gasteiger charge is 2.36. The van der Waals surface area contributed by atoms with Crippen LogP contribution in [-0.4, -0.2) is 45.7 Å². The average molecular weight is 387 g/mol. The Bertz CT molecular complexity index is 1040. The Balaban J connectivity index is 1.50. The van der Waals surface area contributed by atoms with Gasteiger partial charge < -0.3 is 4.52 Å². The molecule has 8 nitrogen and oxygen atoms in total. The lowest BCUT2D eigenvalue weighted by atomic mass is 10.1. The molecule has 4 rings (SSSR count). The molecule has 3 heterocycles. The van der Waals surface area contributed by atoms with Crippen LogP contribution in [0.5, 0.6) is 0 Å². The summed E-state index contributed by atoms with van der Waals surface area (Å²) in [4.78, 5) is 4.70. The summed E-state index contributed by atoms with van der Waals surface area (Å²) in [6, 6.07) is 7.87. The van der Waals surface area contributed by atoms with Crippen molar-refractivity contribution in [2.45, 2.75) is 37.6 Å². The van der Waals surface area contributed by atoms with Gasteiger partial charge >= 0.3 is 0 Å². The normalized spacial score (nSPS) is 18.2. The second-order valence-corrected chi connectivity index (χ2v) is 8.64. The number of aromatic nitrogens is 4. The van der Waals surface area contributed by atoms with E-state index in [1.165, 1.54) is 10.5 Å². The fraction of sp³-hybridized carbons (Fsp3) is 0.389. The van der Waals surface area contributed by atoms with Gasteiger partial charge in [0.25, 0.3) is 0 Å². The molecule has 0 unspecified atom stereocenters. The fourth-order valence-electron chi connectivity index (χ4n) is 3.17. The lowest BCUT2D eigenvalue weighted by molar-refractivity contribution is 0.354. The van der Waals surface area contributed by atoms with E-state index in [4.69, 9.17) is 4.52 Å². The molecule has 1 fully saturated rings. The van der Waals surface area contributed by atoms with Crippen molar-refractivity contribution in [1.29, 1.82) is 0 Å². The minimum atomic E-state index is -3.56. The molecule has 1 saturated heterocycles. The van der Waals surface area contributed by atoms with E-state index >= 15 is 0 Å². The lowest BCUT2D eigenvalue weighted by Crippen LogP contribution is -2.28. The first kappa shape index (κ1) is 17.9. The summed E-state index contributed by atoms with van der Waals surface area (Å²) in [5, 5.41) is 8.12. The third-order valence-electron chi connectivity index (χ3n) is 4.82. The number of benzene rings is 1. The highest BCUT2D eigenvalue weighted by Crippen LogP contribution is 2.31. The molecular formula is C18H21N5O3S. The van der Waals surface area contributed by atoms with Crippen LogP contribution in [0.4, 0.5) is 0 Å². The molecule has 3 aromatic rings. The predicted molar refractivity (Wildman–Crippen MR) is 98.5 cm³/mol. The van der Waals surface area contributed by atoms with Gasteiger partial charge in [-0.1, -0.05) is 35.0 Å². The van der Waals surface area contributed by atoms with Gasteiger partial charge in [-0.2, -0.15) is 14.4 Å². The smallest absolute Gasteiger partial charge is 0.246 e. The van der Waals surface area contributed by atoms with Gasteiger partial charge in [0.2, 0.25) is 21.7 Å². The number of sulfonamides is 1. The molecule has 0 N–H and O–H groups in total. The minimum absolute atomic E-state index is 0.104. The molecule has 1 aliphatic rings. The summed E-state index contributed by atoms with van der Waals surface area (Å²) >= 11 is 0. The van der Waals surface area contributed by atoms with Crippen LogP contribution in [0.1, 0.15) is 30.7 Å². The summed E-state index contributed by atoms with van der Waals surface area (Å²) in [6.07, 6.45) is 3.61. The van der Waals surface area contributed by atoms with Crippen molar-refractivity contribution < 1.29 is 12.9 Å². The predicted octanol–water partition coefficient (Wildman–Crippen LogP) is 2.44. The Hall–Kier alpha value is -2.52. The summed E-state index contributed by atoms with van der Waals surface area (Å²) in [7, 11) is -3.56. The topological polar surface area (TPSA) is 94.1 Å². The maximum Gasteiger partial charge on any atom is 0.246 e. The molecular weight excluding hydrogens is 366 g/mol. The van der Waals surface area contributed by atoms with Gasteiger partial charge in [0.1, 0.15) is 4.90 Å². The van der Waals surface area contributed by atoms with Crippen LogP contribution in [0.25, 0.3) is 11.4 Å². The zero-order valence-corrected chi connectivity index (χ0v) is 16.1. The van der Waals surface area contributed by atoms with Gasteiger partial charge in [0, 0.05) is 31.4 Å². The summed E-state index contributed by atoms with van der Waals surface area (Å²) in [5.74, 6) is 0.899. The van der Waals surface area contributed by atoms with Crippen LogP contribution < -0.4 is 0 Å². The molecule has 9 heteroatoms. The second-order valence-electron chi connectivity index (χ2n) is 6.70. The number of nitrogens with zero attached hydrogens (tertiary/aromatic N) is 5. The molecule has 1 aromatic carbocycles. The van der Waals surface area contributed by atoms with Crippen LogP contribution in [-0.2, 0) is 16.6 Å². The molecule has 1 atom stereocenters. The summed E-state index contributed by atoms with van der Waals surface area (Å²) in [5.41, 5.74) is 2.04. The van der Waals surface area contributed by atoms with Gasteiger partial charge in [-0.3, -0.25) is 4.68 Å². The zero-order chi connectivity index (χ0) is 19.0. The highest BCUT2D eigenvalue weighted by atomic mass is 32.2. The number of hydrogen-bond donors (Lipinski definition) is 0. The van der Waals surface area contributed by atoms with E-state index in [0.717, 1.165) is 11.1 Å². The van der Waals surface area contributed by atoms with Crippen LogP contribution in [0.2, 0.25) is 0 Å². The molecule has 1 aliphatic heterocycles. The molecule has 0 aliphatic carbocycles. The molecule has 0 spiro atoms. The largest absolute Gasteiger partial charge is 0.339 e. The zero-order valence-electron chi connectivity index (χ0n) is 15.2. The minimum Gasteiger partial charge on any atom is -0.339 e. The van der Waals surface area contributed by atoms with Crippen LogP contribution in [0.3, 0.4) is 0 Å². The quantitative estimate of drug-likeness (QED) is 0.667. The summed E-state index contributed by atoms with van der Waals surface area (Å²) < 4.78 is 34.1. The van der Waals surface area contributed by atoms with E-state index in [2.05, 4.69) is 15.2 Å². The lowest BCUT2D eigenvalue weighted by Gasteiger charge is -2.14. The van der Waals surface area contributed by atoms with Crippen molar-refractivity contribution in [2.24, 2.45) is 0 Å². The van der Waals surface area contributed by atoms with E-state index in [9.17, 15) is 8.42 Å². The van der Waals surface area contributed by atoms with Crippen LogP contribution >= 0.6 is 0 Å². The van der Waals surface area contributed by atoms with Gasteiger partial charge in [-0.05, 0) is 20.3 Å². The molecule has 27 heavy (non-hydrogen) atoms. The monoisotopic (exact) mass is 387 g/mol. The molecule has 142 valence electrons. The van der Waals surface area contributed by atoms with Crippen molar-refractivity contribution in [3.8, 4) is 11.4 Å². The Morgan fingerprint density at radius 1 is 1.26 bits per heavy atom. The average Bonchev–Trinajstić information content (AvgIpc) is 3.40. The van der Waals surface area contributed by atoms with Gasteiger partial charge in [0.15, 0.2) is 0 Å². The van der Waals surface area contributed by atoms with Crippen molar-refractivity contribution in [2.75, 3.05) is 13.1 Å². The standard InChI is InChI=1S/C18H21N5O3S/c1-3-22-12-16(10-19-22)27(24,25)23-9-8-15(11-23)18-20-17(21-26-18)14-6-4-13(2)5-7-14/h4-7,10,12,15H,3,8-9,11H2,1-2H3/t15-/m1/s1. The van der Waals surface area contributed by atoms with E-state index in [-0.39, 0.29) is 10.8 Å². The first-order valence-corrected chi connectivity index (χ1v) is 10.3. The first-order chi connectivity index (χ1) is 13.0. The molecule has 0 amide bonds. The Morgan fingerprint density at radius 3 is 2.74 bits per heavy atom. The third kappa shape index (κ3) is 3.40. The van der Waals surface area contributed by atoms with Crippen LogP contribution in [0, 0.1) is 6.92 Å².